The van der Waals surface area contributed by atoms with E-state index < -0.39 is 8.56 Å². The Morgan fingerprint density at radius 3 is 1.45 bits per heavy atom. The molecule has 2 nitrogen and oxygen atoms in total. The molecule has 0 fully saturated rings. The minimum atomic E-state index is -2.03. The Hall–Kier alpha value is 0.137. The molecule has 0 heterocycles. The summed E-state index contributed by atoms with van der Waals surface area (Å²) in [5.41, 5.74) is 0. The summed E-state index contributed by atoms with van der Waals surface area (Å²) in [6, 6.07) is 1.12. The van der Waals surface area contributed by atoms with Gasteiger partial charge in [-0.05, 0) is 6.04 Å². The van der Waals surface area contributed by atoms with Crippen LogP contribution in [-0.2, 0) is 8.85 Å². The van der Waals surface area contributed by atoms with Crippen LogP contribution in [0.15, 0.2) is 0 Å². The van der Waals surface area contributed by atoms with E-state index in [2.05, 4.69) is 27.7 Å². The fraction of sp³-hybridized carbons (Fsp3) is 1.00. The van der Waals surface area contributed by atoms with Gasteiger partial charge in [0.1, 0.15) is 0 Å². The molecule has 0 aliphatic carbocycles. The van der Waals surface area contributed by atoms with E-state index in [9.17, 15) is 0 Å². The van der Waals surface area contributed by atoms with E-state index in [1.165, 1.54) is 57.8 Å². The molecule has 0 aromatic heterocycles. The average molecular weight is 303 g/mol. The maximum Gasteiger partial charge on any atom is 0.343 e. The molecule has 0 bridgehead atoms. The van der Waals surface area contributed by atoms with E-state index >= 15 is 0 Å². The molecule has 0 rings (SSSR count). The van der Waals surface area contributed by atoms with Crippen molar-refractivity contribution in [1.82, 2.24) is 0 Å². The molecule has 0 aliphatic rings. The van der Waals surface area contributed by atoms with E-state index in [-0.39, 0.29) is 5.04 Å². The quantitative estimate of drug-likeness (QED) is 0.322. The molecule has 0 aromatic rings. The Morgan fingerprint density at radius 2 is 1.10 bits per heavy atom. The van der Waals surface area contributed by atoms with Crippen molar-refractivity contribution in [3.05, 3.63) is 0 Å². The first-order valence-electron chi connectivity index (χ1n) is 8.54. The molecule has 0 atom stereocenters. The molecule has 0 saturated carbocycles. The third-order valence-electron chi connectivity index (χ3n) is 4.41. The van der Waals surface area contributed by atoms with Crippen molar-refractivity contribution in [2.24, 2.45) is 0 Å². The summed E-state index contributed by atoms with van der Waals surface area (Å²) < 4.78 is 11.7. The monoisotopic (exact) mass is 302 g/mol. The number of hydrogen-bond donors (Lipinski definition) is 0. The lowest BCUT2D eigenvalue weighted by Crippen LogP contribution is -2.48. The summed E-state index contributed by atoms with van der Waals surface area (Å²) in [5.74, 6) is 0. The molecule has 0 saturated heterocycles. The second-order valence-corrected chi connectivity index (χ2v) is 11.3. The molecular formula is C17H38O2Si. The van der Waals surface area contributed by atoms with E-state index in [0.29, 0.717) is 0 Å². The predicted octanol–water partition coefficient (Wildman–Crippen LogP) is 6.05. The largest absolute Gasteiger partial charge is 0.397 e. The molecule has 0 aromatic carbocycles. The van der Waals surface area contributed by atoms with Crippen LogP contribution >= 0.6 is 0 Å². The van der Waals surface area contributed by atoms with Gasteiger partial charge in [-0.15, -0.1) is 0 Å². The molecule has 0 radical (unpaired) electrons. The van der Waals surface area contributed by atoms with Crippen LogP contribution in [0.2, 0.25) is 11.1 Å². The molecule has 0 N–H and O–H groups in total. The lowest BCUT2D eigenvalue weighted by Gasteiger charge is -2.38. The molecule has 0 aliphatic heterocycles. The van der Waals surface area contributed by atoms with Crippen molar-refractivity contribution >= 4 is 8.56 Å². The summed E-state index contributed by atoms with van der Waals surface area (Å²) >= 11 is 0. The lowest BCUT2D eigenvalue weighted by molar-refractivity contribution is 0.212. The molecule has 20 heavy (non-hydrogen) atoms. The highest BCUT2D eigenvalue weighted by atomic mass is 28.4. The first-order chi connectivity index (χ1) is 9.43. The van der Waals surface area contributed by atoms with E-state index in [1.54, 1.807) is 0 Å². The summed E-state index contributed by atoms with van der Waals surface area (Å²) in [4.78, 5) is 0. The Bertz CT molecular complexity index is 220. The first-order valence-corrected chi connectivity index (χ1v) is 10.6. The van der Waals surface area contributed by atoms with E-state index in [0.717, 1.165) is 6.04 Å². The fourth-order valence-corrected chi connectivity index (χ4v) is 6.21. The van der Waals surface area contributed by atoms with Crippen LogP contribution in [0.3, 0.4) is 0 Å². The van der Waals surface area contributed by atoms with Gasteiger partial charge in [-0.3, -0.25) is 0 Å². The fourth-order valence-electron chi connectivity index (χ4n) is 2.94. The Morgan fingerprint density at radius 1 is 0.700 bits per heavy atom. The Labute approximate surface area is 128 Å². The van der Waals surface area contributed by atoms with Gasteiger partial charge in [0, 0.05) is 19.3 Å². The zero-order valence-electron chi connectivity index (χ0n) is 14.9. The molecule has 3 heteroatoms. The van der Waals surface area contributed by atoms with Gasteiger partial charge >= 0.3 is 8.56 Å². The summed E-state index contributed by atoms with van der Waals surface area (Å²) in [6.07, 6.45) is 12.3. The summed E-state index contributed by atoms with van der Waals surface area (Å²) in [7, 11) is 1.63. The third-order valence-corrected chi connectivity index (χ3v) is 9.03. The van der Waals surface area contributed by atoms with Crippen LogP contribution in [0.1, 0.15) is 85.5 Å². The highest BCUT2D eigenvalue weighted by Gasteiger charge is 2.47. The zero-order valence-corrected chi connectivity index (χ0v) is 15.9. The standard InChI is InChI=1S/C17H38O2Si/c1-7-8-9-10-11-12-13-14-15-16-20(18-5,19-6)17(2,3)4/h7-16H2,1-6H3. The Kier molecular flexibility index (Phi) is 10.9. The van der Waals surface area contributed by atoms with Gasteiger partial charge in [-0.1, -0.05) is 85.5 Å². The lowest BCUT2D eigenvalue weighted by atomic mass is 10.1. The van der Waals surface area contributed by atoms with Crippen molar-refractivity contribution in [2.75, 3.05) is 14.2 Å². The van der Waals surface area contributed by atoms with Crippen LogP contribution in [0.4, 0.5) is 0 Å². The number of hydrogen-bond acceptors (Lipinski definition) is 2. The maximum atomic E-state index is 5.84. The van der Waals surface area contributed by atoms with Crippen LogP contribution in [0, 0.1) is 0 Å². The summed E-state index contributed by atoms with van der Waals surface area (Å²) in [6.45, 7) is 9.02. The molecule has 0 spiro atoms. The van der Waals surface area contributed by atoms with Crippen LogP contribution in [-0.4, -0.2) is 22.8 Å². The summed E-state index contributed by atoms with van der Waals surface area (Å²) in [5, 5.41) is 0.149. The van der Waals surface area contributed by atoms with Gasteiger partial charge in [0.15, 0.2) is 0 Å². The molecule has 0 unspecified atom stereocenters. The third kappa shape index (κ3) is 7.23. The highest BCUT2D eigenvalue weighted by molar-refractivity contribution is 6.70. The van der Waals surface area contributed by atoms with Gasteiger partial charge in [0.2, 0.25) is 0 Å². The molecule has 122 valence electrons. The zero-order chi connectivity index (χ0) is 15.5. The smallest absolute Gasteiger partial charge is 0.343 e. The van der Waals surface area contributed by atoms with Gasteiger partial charge < -0.3 is 8.85 Å². The minimum Gasteiger partial charge on any atom is -0.397 e. The van der Waals surface area contributed by atoms with Gasteiger partial charge in [-0.2, -0.15) is 0 Å². The van der Waals surface area contributed by atoms with Gasteiger partial charge in [-0.25, -0.2) is 0 Å². The highest BCUT2D eigenvalue weighted by Crippen LogP contribution is 2.40. The SMILES string of the molecule is CCCCCCCCCCC[Si](OC)(OC)C(C)(C)C. The minimum absolute atomic E-state index is 0.149. The van der Waals surface area contributed by atoms with Crippen LogP contribution in [0.25, 0.3) is 0 Å². The molecule has 0 amide bonds. The van der Waals surface area contributed by atoms with Crippen molar-refractivity contribution in [2.45, 2.75) is 96.6 Å². The van der Waals surface area contributed by atoms with Crippen molar-refractivity contribution < 1.29 is 8.85 Å². The van der Waals surface area contributed by atoms with E-state index in [4.69, 9.17) is 8.85 Å². The maximum absolute atomic E-state index is 5.84. The predicted molar refractivity (Wildman–Crippen MR) is 91.5 cm³/mol. The van der Waals surface area contributed by atoms with Crippen molar-refractivity contribution in [3.8, 4) is 0 Å². The number of unbranched alkanes of at least 4 members (excludes halogenated alkanes) is 8. The normalized spacial score (nSPS) is 12.9. The van der Waals surface area contributed by atoms with Gasteiger partial charge in [0.25, 0.3) is 0 Å². The van der Waals surface area contributed by atoms with Crippen molar-refractivity contribution in [1.29, 1.82) is 0 Å². The van der Waals surface area contributed by atoms with Crippen LogP contribution in [0.5, 0.6) is 0 Å². The van der Waals surface area contributed by atoms with E-state index in [1.807, 2.05) is 14.2 Å². The molecular weight excluding hydrogens is 264 g/mol. The second kappa shape index (κ2) is 10.8. The Balaban J connectivity index is 3.76. The van der Waals surface area contributed by atoms with Crippen molar-refractivity contribution in [3.63, 3.8) is 0 Å². The van der Waals surface area contributed by atoms with Crippen LogP contribution < -0.4 is 0 Å². The first kappa shape index (κ1) is 20.1. The number of rotatable bonds is 12. The average Bonchev–Trinajstić information content (AvgIpc) is 2.40. The second-order valence-electron chi connectivity index (χ2n) is 6.99. The topological polar surface area (TPSA) is 18.5 Å². The van der Waals surface area contributed by atoms with Gasteiger partial charge in [0.05, 0.1) is 0 Å².